The van der Waals surface area contributed by atoms with Gasteiger partial charge in [-0.3, -0.25) is 0 Å². The third-order valence-corrected chi connectivity index (χ3v) is 4.44. The molecular formula is C19H32O2. The smallest absolute Gasteiger partial charge is 0.161 e. The minimum atomic E-state index is -0.0861. The van der Waals surface area contributed by atoms with Gasteiger partial charge in [0.2, 0.25) is 0 Å². The minimum Gasteiger partial charge on any atom is -0.353 e. The van der Waals surface area contributed by atoms with Crippen LogP contribution in [0.5, 0.6) is 0 Å². The third-order valence-electron chi connectivity index (χ3n) is 4.44. The van der Waals surface area contributed by atoms with Gasteiger partial charge in [0.1, 0.15) is 0 Å². The average Bonchev–Trinajstić information content (AvgIpc) is 2.91. The van der Waals surface area contributed by atoms with Crippen molar-refractivity contribution in [1.82, 2.24) is 0 Å². The van der Waals surface area contributed by atoms with Crippen LogP contribution in [0.15, 0.2) is 11.6 Å². The van der Waals surface area contributed by atoms with Gasteiger partial charge in [0, 0.05) is 26.1 Å². The number of ether oxygens (including phenoxy) is 2. The molecule has 2 atom stereocenters. The van der Waals surface area contributed by atoms with Gasteiger partial charge in [-0.15, -0.1) is 12.3 Å². The Morgan fingerprint density at radius 2 is 1.90 bits per heavy atom. The molecular weight excluding hydrogens is 260 g/mol. The van der Waals surface area contributed by atoms with Gasteiger partial charge in [-0.25, -0.2) is 0 Å². The Balaban J connectivity index is 2.40. The fourth-order valence-corrected chi connectivity index (χ4v) is 3.31. The fourth-order valence-electron chi connectivity index (χ4n) is 3.31. The summed E-state index contributed by atoms with van der Waals surface area (Å²) in [6.07, 6.45) is 16.0. The van der Waals surface area contributed by atoms with E-state index in [1.165, 1.54) is 37.7 Å². The van der Waals surface area contributed by atoms with Crippen LogP contribution in [0.4, 0.5) is 0 Å². The highest BCUT2D eigenvalue weighted by atomic mass is 16.7. The zero-order valence-electron chi connectivity index (χ0n) is 14.1. The molecule has 0 aliphatic heterocycles. The summed E-state index contributed by atoms with van der Waals surface area (Å²) >= 11 is 0. The summed E-state index contributed by atoms with van der Waals surface area (Å²) in [7, 11) is 0. The Labute approximate surface area is 131 Å². The van der Waals surface area contributed by atoms with Crippen molar-refractivity contribution in [3.8, 4) is 12.3 Å². The van der Waals surface area contributed by atoms with Gasteiger partial charge in [0.15, 0.2) is 6.29 Å². The Hall–Kier alpha value is -0.780. The van der Waals surface area contributed by atoms with E-state index in [0.717, 1.165) is 24.7 Å². The van der Waals surface area contributed by atoms with Gasteiger partial charge in [-0.05, 0) is 51.9 Å². The Bertz CT molecular complexity index is 334. The minimum absolute atomic E-state index is 0.0861. The second kappa shape index (κ2) is 10.9. The summed E-state index contributed by atoms with van der Waals surface area (Å²) in [5, 5.41) is 0. The largest absolute Gasteiger partial charge is 0.353 e. The van der Waals surface area contributed by atoms with E-state index < -0.39 is 0 Å². The van der Waals surface area contributed by atoms with E-state index in [1.807, 2.05) is 13.8 Å². The second-order valence-electron chi connectivity index (χ2n) is 6.02. The summed E-state index contributed by atoms with van der Waals surface area (Å²) < 4.78 is 11.2. The van der Waals surface area contributed by atoms with Gasteiger partial charge in [-0.2, -0.15) is 0 Å². The van der Waals surface area contributed by atoms with E-state index in [0.29, 0.717) is 13.2 Å². The van der Waals surface area contributed by atoms with Crippen molar-refractivity contribution in [2.75, 3.05) is 13.2 Å². The van der Waals surface area contributed by atoms with Gasteiger partial charge in [-0.1, -0.05) is 24.5 Å². The van der Waals surface area contributed by atoms with Crippen LogP contribution in [-0.2, 0) is 9.47 Å². The van der Waals surface area contributed by atoms with Crippen LogP contribution in [0.2, 0.25) is 0 Å². The maximum Gasteiger partial charge on any atom is 0.161 e. The van der Waals surface area contributed by atoms with Crippen LogP contribution in [-0.4, -0.2) is 19.5 Å². The summed E-state index contributed by atoms with van der Waals surface area (Å²) in [5.41, 5.74) is 1.38. The van der Waals surface area contributed by atoms with E-state index in [2.05, 4.69) is 18.9 Å². The first kappa shape index (κ1) is 18.3. The number of rotatable bonds is 10. The van der Waals surface area contributed by atoms with Gasteiger partial charge in [0.05, 0.1) is 0 Å². The van der Waals surface area contributed by atoms with Crippen molar-refractivity contribution in [2.45, 2.75) is 72.0 Å². The summed E-state index contributed by atoms with van der Waals surface area (Å²) in [6.45, 7) is 7.62. The molecule has 2 heteroatoms. The fraction of sp³-hybridized carbons (Fsp3) is 0.789. The van der Waals surface area contributed by atoms with Crippen molar-refractivity contribution in [1.29, 1.82) is 0 Å². The summed E-state index contributed by atoms with van der Waals surface area (Å²) in [4.78, 5) is 0. The van der Waals surface area contributed by atoms with Crippen molar-refractivity contribution >= 4 is 0 Å². The lowest BCUT2D eigenvalue weighted by atomic mass is 9.88. The van der Waals surface area contributed by atoms with Crippen molar-refractivity contribution < 1.29 is 9.47 Å². The SMILES string of the molecule is C#CCC[C@H]1CCC[C@@H]1C/C=C(\C)CC(OCC)OCC. The van der Waals surface area contributed by atoms with E-state index >= 15 is 0 Å². The zero-order valence-corrected chi connectivity index (χ0v) is 14.1. The first-order valence-electron chi connectivity index (χ1n) is 8.53. The monoisotopic (exact) mass is 292 g/mol. The molecule has 1 rings (SSSR count). The van der Waals surface area contributed by atoms with Crippen LogP contribution < -0.4 is 0 Å². The lowest BCUT2D eigenvalue weighted by molar-refractivity contribution is -0.134. The molecule has 0 bridgehead atoms. The van der Waals surface area contributed by atoms with E-state index in [4.69, 9.17) is 15.9 Å². The Morgan fingerprint density at radius 3 is 2.52 bits per heavy atom. The van der Waals surface area contributed by atoms with E-state index in [9.17, 15) is 0 Å². The average molecular weight is 292 g/mol. The highest BCUT2D eigenvalue weighted by Crippen LogP contribution is 2.37. The molecule has 1 aliphatic carbocycles. The standard InChI is InChI=1S/C19H32O2/c1-5-8-10-17-11-9-12-18(17)14-13-16(4)15-19(20-6-2)21-7-3/h1,13,17-19H,6-12,14-15H2,2-4H3/b16-13+/t17-,18+/m0/s1. The van der Waals surface area contributed by atoms with Crippen molar-refractivity contribution in [3.63, 3.8) is 0 Å². The number of hydrogen-bond donors (Lipinski definition) is 0. The van der Waals surface area contributed by atoms with E-state index in [-0.39, 0.29) is 6.29 Å². The van der Waals surface area contributed by atoms with Gasteiger partial charge >= 0.3 is 0 Å². The van der Waals surface area contributed by atoms with Gasteiger partial charge < -0.3 is 9.47 Å². The van der Waals surface area contributed by atoms with Crippen LogP contribution in [0, 0.1) is 24.2 Å². The predicted octanol–water partition coefficient (Wildman–Crippen LogP) is 4.94. The molecule has 0 aromatic heterocycles. The molecule has 0 saturated heterocycles. The van der Waals surface area contributed by atoms with Crippen molar-refractivity contribution in [2.24, 2.45) is 11.8 Å². The second-order valence-corrected chi connectivity index (χ2v) is 6.02. The maximum absolute atomic E-state index is 5.61. The topological polar surface area (TPSA) is 18.5 Å². The molecule has 0 heterocycles. The third kappa shape index (κ3) is 7.16. The van der Waals surface area contributed by atoms with Crippen LogP contribution in [0.1, 0.15) is 65.7 Å². The zero-order chi connectivity index (χ0) is 15.5. The molecule has 0 N–H and O–H groups in total. The van der Waals surface area contributed by atoms with Crippen LogP contribution >= 0.6 is 0 Å². The lowest BCUT2D eigenvalue weighted by Gasteiger charge is -2.19. The van der Waals surface area contributed by atoms with Crippen LogP contribution in [0.3, 0.4) is 0 Å². The molecule has 0 aromatic rings. The molecule has 0 spiro atoms. The molecule has 120 valence electrons. The summed E-state index contributed by atoms with van der Waals surface area (Å²) in [5.74, 6) is 4.44. The molecule has 1 saturated carbocycles. The molecule has 0 amide bonds. The highest BCUT2D eigenvalue weighted by Gasteiger charge is 2.25. The molecule has 1 fully saturated rings. The summed E-state index contributed by atoms with van der Waals surface area (Å²) in [6, 6.07) is 0. The predicted molar refractivity (Wildman–Crippen MR) is 88.9 cm³/mol. The molecule has 0 unspecified atom stereocenters. The maximum atomic E-state index is 5.61. The Kier molecular flexibility index (Phi) is 9.46. The van der Waals surface area contributed by atoms with Crippen LogP contribution in [0.25, 0.3) is 0 Å². The molecule has 21 heavy (non-hydrogen) atoms. The first-order chi connectivity index (χ1) is 10.2. The molecule has 2 nitrogen and oxygen atoms in total. The molecule has 0 aromatic carbocycles. The number of hydrogen-bond acceptors (Lipinski definition) is 2. The number of terminal acetylenes is 1. The quantitative estimate of drug-likeness (QED) is 0.322. The van der Waals surface area contributed by atoms with Crippen molar-refractivity contribution in [3.05, 3.63) is 11.6 Å². The normalized spacial score (nSPS) is 22.7. The molecule has 1 aliphatic rings. The lowest BCUT2D eigenvalue weighted by Crippen LogP contribution is -2.17. The highest BCUT2D eigenvalue weighted by molar-refractivity contribution is 5.01. The Morgan fingerprint density at radius 1 is 1.24 bits per heavy atom. The van der Waals surface area contributed by atoms with E-state index in [1.54, 1.807) is 0 Å². The van der Waals surface area contributed by atoms with Gasteiger partial charge in [0.25, 0.3) is 0 Å². The molecule has 0 radical (unpaired) electrons. The number of allylic oxidation sites excluding steroid dienone is 1. The first-order valence-corrected chi connectivity index (χ1v) is 8.53.